The molecule has 9 aromatic rings. The van der Waals surface area contributed by atoms with Gasteiger partial charge in [0.25, 0.3) is 0 Å². The summed E-state index contributed by atoms with van der Waals surface area (Å²) in [5, 5.41) is 7.29. The third-order valence-electron chi connectivity index (χ3n) is 8.29. The van der Waals surface area contributed by atoms with E-state index in [4.69, 9.17) is 9.97 Å². The number of pyridine rings is 1. The van der Waals surface area contributed by atoms with E-state index in [1.165, 1.54) is 43.4 Å². The van der Waals surface area contributed by atoms with Crippen molar-refractivity contribution in [3.8, 4) is 22.8 Å². The topological polar surface area (TPSA) is 48.5 Å². The van der Waals surface area contributed by atoms with Crippen LogP contribution in [0.5, 0.6) is 0 Å². The maximum Gasteiger partial charge on any atom is 0.159 e. The summed E-state index contributed by atoms with van der Waals surface area (Å²) in [7, 11) is 0. The SMILES string of the molecule is c1ccc(-n2c3ccccc3c3cc4ccc5c6ccccc6n(-c6cnc(-c7ccncc7)nc6)c5c4cc32)cc1. The van der Waals surface area contributed by atoms with Crippen LogP contribution in [0.4, 0.5) is 0 Å². The fourth-order valence-electron chi connectivity index (χ4n) is 6.46. The first-order valence-electron chi connectivity index (χ1n) is 14.0. The number of benzene rings is 5. The second-order valence-electron chi connectivity index (χ2n) is 10.6. The fraction of sp³-hybridized carbons (Fsp3) is 0. The van der Waals surface area contributed by atoms with Gasteiger partial charge in [0.05, 0.1) is 40.1 Å². The van der Waals surface area contributed by atoms with Gasteiger partial charge in [0.2, 0.25) is 0 Å². The largest absolute Gasteiger partial charge is 0.309 e. The van der Waals surface area contributed by atoms with E-state index in [1.54, 1.807) is 12.4 Å². The predicted molar refractivity (Wildman–Crippen MR) is 171 cm³/mol. The average Bonchev–Trinajstić information content (AvgIpc) is 3.57. The standard InChI is InChI=1S/C37H23N5/c1-2-8-26(9-3-1)41-33-12-6-5-11-29(33)32-20-25-14-15-30-28-10-4-7-13-34(28)42(36(30)31(25)21-35(32)41)27-22-39-37(40-23-27)24-16-18-38-19-17-24/h1-23H. The Balaban J connectivity index is 1.39. The lowest BCUT2D eigenvalue weighted by Gasteiger charge is -2.11. The normalized spacial score (nSPS) is 11.8. The first kappa shape index (κ1) is 22.9. The summed E-state index contributed by atoms with van der Waals surface area (Å²) < 4.78 is 4.69. The van der Waals surface area contributed by atoms with Gasteiger partial charge in [0.1, 0.15) is 0 Å². The molecule has 0 amide bonds. The molecule has 0 saturated carbocycles. The Hall–Kier alpha value is -5.81. The molecule has 0 fully saturated rings. The Morgan fingerprint density at radius 1 is 0.452 bits per heavy atom. The average molecular weight is 538 g/mol. The molecule has 0 aliphatic carbocycles. The van der Waals surface area contributed by atoms with Gasteiger partial charge in [-0.1, -0.05) is 66.7 Å². The summed E-state index contributed by atoms with van der Waals surface area (Å²) >= 11 is 0. The zero-order valence-electron chi connectivity index (χ0n) is 22.5. The number of para-hydroxylation sites is 3. The van der Waals surface area contributed by atoms with Gasteiger partial charge < -0.3 is 9.13 Å². The monoisotopic (exact) mass is 537 g/mol. The molecule has 0 aliphatic rings. The van der Waals surface area contributed by atoms with Crippen molar-refractivity contribution in [3.63, 3.8) is 0 Å². The Morgan fingerprint density at radius 3 is 1.88 bits per heavy atom. The maximum atomic E-state index is 4.77. The summed E-state index contributed by atoms with van der Waals surface area (Å²) in [6.07, 6.45) is 7.38. The van der Waals surface area contributed by atoms with E-state index >= 15 is 0 Å². The summed E-state index contributed by atoms with van der Waals surface area (Å²) in [4.78, 5) is 13.7. The lowest BCUT2D eigenvalue weighted by Crippen LogP contribution is -1.98. The first-order chi connectivity index (χ1) is 20.8. The molecule has 0 N–H and O–H groups in total. The van der Waals surface area contributed by atoms with Crippen molar-refractivity contribution in [2.75, 3.05) is 0 Å². The highest BCUT2D eigenvalue weighted by Crippen LogP contribution is 2.40. The van der Waals surface area contributed by atoms with Crippen LogP contribution in [0.15, 0.2) is 140 Å². The number of rotatable bonds is 3. The van der Waals surface area contributed by atoms with E-state index in [-0.39, 0.29) is 0 Å². The van der Waals surface area contributed by atoms with E-state index in [9.17, 15) is 0 Å². The molecule has 5 heteroatoms. The van der Waals surface area contributed by atoms with Crippen LogP contribution in [0.3, 0.4) is 0 Å². The third kappa shape index (κ3) is 3.28. The molecule has 5 aromatic carbocycles. The van der Waals surface area contributed by atoms with Crippen LogP contribution in [-0.2, 0) is 0 Å². The van der Waals surface area contributed by atoms with Gasteiger partial charge in [0.15, 0.2) is 5.82 Å². The lowest BCUT2D eigenvalue weighted by molar-refractivity contribution is 1.08. The van der Waals surface area contributed by atoms with Crippen LogP contribution in [0.2, 0.25) is 0 Å². The summed E-state index contributed by atoms with van der Waals surface area (Å²) in [6.45, 7) is 0. The van der Waals surface area contributed by atoms with Gasteiger partial charge in [-0.25, -0.2) is 9.97 Å². The zero-order chi connectivity index (χ0) is 27.6. The third-order valence-corrected chi connectivity index (χ3v) is 8.29. The Kier molecular flexibility index (Phi) is 4.83. The summed E-state index contributed by atoms with van der Waals surface area (Å²) in [6, 6.07) is 40.9. The van der Waals surface area contributed by atoms with Gasteiger partial charge in [-0.05, 0) is 53.9 Å². The van der Waals surface area contributed by atoms with Crippen molar-refractivity contribution < 1.29 is 0 Å². The van der Waals surface area contributed by atoms with Crippen LogP contribution in [0, 0.1) is 0 Å². The maximum absolute atomic E-state index is 4.77. The summed E-state index contributed by atoms with van der Waals surface area (Å²) in [5.41, 5.74) is 7.69. The molecule has 0 radical (unpaired) electrons. The van der Waals surface area contributed by atoms with E-state index in [2.05, 4.69) is 117 Å². The molecule has 4 aromatic heterocycles. The van der Waals surface area contributed by atoms with Gasteiger partial charge in [0, 0.05) is 50.6 Å². The molecule has 42 heavy (non-hydrogen) atoms. The highest BCUT2D eigenvalue weighted by Gasteiger charge is 2.18. The van der Waals surface area contributed by atoms with E-state index in [0.717, 1.165) is 28.0 Å². The highest BCUT2D eigenvalue weighted by atomic mass is 15.0. The van der Waals surface area contributed by atoms with Gasteiger partial charge in [-0.3, -0.25) is 4.98 Å². The van der Waals surface area contributed by atoms with E-state index in [0.29, 0.717) is 5.82 Å². The number of hydrogen-bond acceptors (Lipinski definition) is 3. The number of nitrogens with zero attached hydrogens (tertiary/aromatic N) is 5. The quantitative estimate of drug-likeness (QED) is 0.226. The van der Waals surface area contributed by atoms with Crippen molar-refractivity contribution in [2.45, 2.75) is 0 Å². The molecule has 5 nitrogen and oxygen atoms in total. The number of aromatic nitrogens is 5. The second-order valence-corrected chi connectivity index (χ2v) is 10.6. The number of fused-ring (bicyclic) bond motifs is 8. The minimum absolute atomic E-state index is 0.681. The molecule has 4 heterocycles. The van der Waals surface area contributed by atoms with E-state index < -0.39 is 0 Å². The van der Waals surface area contributed by atoms with E-state index in [1.807, 2.05) is 24.5 Å². The van der Waals surface area contributed by atoms with Crippen LogP contribution in [0.25, 0.3) is 77.1 Å². The molecule has 0 aliphatic heterocycles. The molecule has 196 valence electrons. The first-order valence-corrected chi connectivity index (χ1v) is 14.0. The molecule has 0 saturated heterocycles. The minimum atomic E-state index is 0.681. The molecular formula is C37H23N5. The molecular weight excluding hydrogens is 514 g/mol. The van der Waals surface area contributed by atoms with Crippen molar-refractivity contribution in [1.82, 2.24) is 24.1 Å². The van der Waals surface area contributed by atoms with Crippen LogP contribution in [0.1, 0.15) is 0 Å². The van der Waals surface area contributed by atoms with Crippen molar-refractivity contribution in [1.29, 1.82) is 0 Å². The van der Waals surface area contributed by atoms with Gasteiger partial charge in [-0.15, -0.1) is 0 Å². The molecule has 0 unspecified atom stereocenters. The smallest absolute Gasteiger partial charge is 0.159 e. The molecule has 0 atom stereocenters. The minimum Gasteiger partial charge on any atom is -0.309 e. The molecule has 9 rings (SSSR count). The Bertz CT molecular complexity index is 2440. The summed E-state index contributed by atoms with van der Waals surface area (Å²) in [5.74, 6) is 0.681. The van der Waals surface area contributed by atoms with Crippen molar-refractivity contribution in [2.24, 2.45) is 0 Å². The van der Waals surface area contributed by atoms with Gasteiger partial charge >= 0.3 is 0 Å². The van der Waals surface area contributed by atoms with Crippen LogP contribution in [-0.4, -0.2) is 24.1 Å². The predicted octanol–water partition coefficient (Wildman–Crippen LogP) is 8.89. The van der Waals surface area contributed by atoms with Gasteiger partial charge in [-0.2, -0.15) is 0 Å². The Labute approximate surface area is 241 Å². The van der Waals surface area contributed by atoms with Crippen molar-refractivity contribution in [3.05, 3.63) is 140 Å². The Morgan fingerprint density at radius 2 is 1.12 bits per heavy atom. The van der Waals surface area contributed by atoms with Crippen LogP contribution >= 0.6 is 0 Å². The fourth-order valence-corrected chi connectivity index (χ4v) is 6.46. The number of hydrogen-bond donors (Lipinski definition) is 0. The van der Waals surface area contributed by atoms with Crippen molar-refractivity contribution >= 4 is 54.4 Å². The van der Waals surface area contributed by atoms with Crippen LogP contribution < -0.4 is 0 Å². The lowest BCUT2D eigenvalue weighted by atomic mass is 10.0. The molecule has 0 spiro atoms. The molecule has 0 bridgehead atoms. The second kappa shape index (κ2) is 8.85. The highest BCUT2D eigenvalue weighted by molar-refractivity contribution is 6.22. The zero-order valence-corrected chi connectivity index (χ0v) is 22.5.